The van der Waals surface area contributed by atoms with E-state index in [2.05, 4.69) is 5.10 Å². The largest absolute Gasteiger partial charge is 0.488 e. The van der Waals surface area contributed by atoms with Crippen LogP contribution in [0.5, 0.6) is 5.75 Å². The van der Waals surface area contributed by atoms with E-state index in [1.165, 1.54) is 12.1 Å². The van der Waals surface area contributed by atoms with Crippen molar-refractivity contribution in [3.05, 3.63) is 77.6 Å². The summed E-state index contributed by atoms with van der Waals surface area (Å²) in [4.78, 5) is 0. The summed E-state index contributed by atoms with van der Waals surface area (Å²) in [7, 11) is 0. The van der Waals surface area contributed by atoms with Crippen molar-refractivity contribution in [3.63, 3.8) is 0 Å². The van der Waals surface area contributed by atoms with Gasteiger partial charge in [-0.05, 0) is 35.2 Å². The van der Waals surface area contributed by atoms with Crippen LogP contribution in [0.1, 0.15) is 11.1 Å². The number of hydrogen-bond donors (Lipinski definition) is 1. The molecule has 0 radical (unpaired) electrons. The molecule has 3 aromatic carbocycles. The van der Waals surface area contributed by atoms with Gasteiger partial charge in [-0.15, -0.1) is 0 Å². The SMILES string of the molecule is NN=Cc1ccc(OCc2ccc(F)cc2)c2ccccc12. The highest BCUT2D eigenvalue weighted by atomic mass is 19.1. The molecule has 4 heteroatoms. The van der Waals surface area contributed by atoms with Crippen molar-refractivity contribution in [2.24, 2.45) is 10.9 Å². The van der Waals surface area contributed by atoms with Crippen LogP contribution in [0, 0.1) is 5.82 Å². The van der Waals surface area contributed by atoms with Crippen molar-refractivity contribution in [1.82, 2.24) is 0 Å². The van der Waals surface area contributed by atoms with Crippen molar-refractivity contribution in [2.45, 2.75) is 6.61 Å². The van der Waals surface area contributed by atoms with Crippen LogP contribution in [0.3, 0.4) is 0 Å². The summed E-state index contributed by atoms with van der Waals surface area (Å²) in [5.74, 6) is 5.77. The van der Waals surface area contributed by atoms with Crippen LogP contribution in [-0.4, -0.2) is 6.21 Å². The van der Waals surface area contributed by atoms with Crippen molar-refractivity contribution in [2.75, 3.05) is 0 Å². The normalized spacial score (nSPS) is 11.1. The van der Waals surface area contributed by atoms with E-state index in [4.69, 9.17) is 10.6 Å². The molecular formula is C18H15FN2O. The highest BCUT2D eigenvalue weighted by Crippen LogP contribution is 2.28. The summed E-state index contributed by atoms with van der Waals surface area (Å²) in [5, 5.41) is 5.60. The molecule has 3 aromatic rings. The summed E-state index contributed by atoms with van der Waals surface area (Å²) in [6.07, 6.45) is 1.62. The zero-order valence-electron chi connectivity index (χ0n) is 11.9. The van der Waals surface area contributed by atoms with Crippen LogP contribution in [0.2, 0.25) is 0 Å². The van der Waals surface area contributed by atoms with E-state index in [1.54, 1.807) is 18.3 Å². The maximum Gasteiger partial charge on any atom is 0.127 e. The summed E-state index contributed by atoms with van der Waals surface area (Å²) in [5.41, 5.74) is 1.85. The smallest absolute Gasteiger partial charge is 0.127 e. The van der Waals surface area contributed by atoms with Crippen molar-refractivity contribution in [3.8, 4) is 5.75 Å². The van der Waals surface area contributed by atoms with Crippen LogP contribution in [-0.2, 0) is 6.61 Å². The van der Waals surface area contributed by atoms with Crippen molar-refractivity contribution < 1.29 is 9.13 Å². The lowest BCUT2D eigenvalue weighted by Crippen LogP contribution is -1.97. The van der Waals surface area contributed by atoms with E-state index in [1.807, 2.05) is 36.4 Å². The van der Waals surface area contributed by atoms with Gasteiger partial charge in [0.05, 0.1) is 6.21 Å². The number of benzene rings is 3. The van der Waals surface area contributed by atoms with Gasteiger partial charge in [0.2, 0.25) is 0 Å². The number of halogens is 1. The molecule has 0 bridgehead atoms. The average molecular weight is 294 g/mol. The van der Waals surface area contributed by atoms with E-state index >= 15 is 0 Å². The van der Waals surface area contributed by atoms with Gasteiger partial charge < -0.3 is 10.6 Å². The second-order valence-corrected chi connectivity index (χ2v) is 4.89. The third-order valence-corrected chi connectivity index (χ3v) is 3.44. The van der Waals surface area contributed by atoms with Crippen molar-refractivity contribution >= 4 is 17.0 Å². The molecule has 110 valence electrons. The third kappa shape index (κ3) is 2.91. The van der Waals surface area contributed by atoms with E-state index in [0.717, 1.165) is 27.6 Å². The third-order valence-electron chi connectivity index (χ3n) is 3.44. The Labute approximate surface area is 127 Å². The van der Waals surface area contributed by atoms with Gasteiger partial charge in [0.15, 0.2) is 0 Å². The molecule has 0 saturated heterocycles. The first-order valence-corrected chi connectivity index (χ1v) is 6.90. The summed E-state index contributed by atoms with van der Waals surface area (Å²) in [6.45, 7) is 0.384. The fraction of sp³-hybridized carbons (Fsp3) is 0.0556. The van der Waals surface area contributed by atoms with Crippen LogP contribution in [0.15, 0.2) is 65.8 Å². The molecule has 22 heavy (non-hydrogen) atoms. The Balaban J connectivity index is 1.91. The molecule has 0 aliphatic heterocycles. The molecule has 3 rings (SSSR count). The maximum absolute atomic E-state index is 12.9. The average Bonchev–Trinajstić information content (AvgIpc) is 2.56. The summed E-state index contributed by atoms with van der Waals surface area (Å²) >= 11 is 0. The number of hydrazone groups is 1. The van der Waals surface area contributed by atoms with Gasteiger partial charge in [-0.1, -0.05) is 36.4 Å². The van der Waals surface area contributed by atoms with Gasteiger partial charge in [-0.2, -0.15) is 5.10 Å². The minimum Gasteiger partial charge on any atom is -0.488 e. The fourth-order valence-electron chi connectivity index (χ4n) is 2.36. The first kappa shape index (κ1) is 14.1. The quantitative estimate of drug-likeness (QED) is 0.451. The fourth-order valence-corrected chi connectivity index (χ4v) is 2.36. The molecule has 0 aromatic heterocycles. The summed E-state index contributed by atoms with van der Waals surface area (Å²) in [6, 6.07) is 18.0. The number of rotatable bonds is 4. The first-order valence-electron chi connectivity index (χ1n) is 6.90. The molecule has 0 spiro atoms. The van der Waals surface area contributed by atoms with Gasteiger partial charge in [0.1, 0.15) is 18.2 Å². The molecule has 0 aliphatic carbocycles. The van der Waals surface area contributed by atoms with E-state index in [0.29, 0.717) is 6.61 Å². The Hall–Kier alpha value is -2.88. The molecule has 0 fully saturated rings. The molecule has 3 nitrogen and oxygen atoms in total. The second-order valence-electron chi connectivity index (χ2n) is 4.89. The Bertz CT molecular complexity index is 813. The van der Waals surface area contributed by atoms with E-state index in [-0.39, 0.29) is 5.82 Å². The molecule has 0 heterocycles. The number of nitrogens with two attached hydrogens (primary N) is 1. The zero-order valence-corrected chi connectivity index (χ0v) is 11.9. The Morgan fingerprint density at radius 1 is 0.955 bits per heavy atom. The van der Waals surface area contributed by atoms with Gasteiger partial charge in [-0.25, -0.2) is 4.39 Å². The topological polar surface area (TPSA) is 47.6 Å². The molecule has 0 saturated carbocycles. The standard InChI is InChI=1S/C18H15FN2O/c19-15-8-5-13(6-9-15)12-22-18-10-7-14(11-21-20)16-3-1-2-4-17(16)18/h1-11H,12,20H2. The molecule has 0 atom stereocenters. The van der Waals surface area contributed by atoms with Crippen LogP contribution in [0.25, 0.3) is 10.8 Å². The first-order chi connectivity index (χ1) is 10.8. The number of fused-ring (bicyclic) bond motifs is 1. The van der Waals surface area contributed by atoms with Crippen LogP contribution < -0.4 is 10.6 Å². The van der Waals surface area contributed by atoms with E-state index in [9.17, 15) is 4.39 Å². The maximum atomic E-state index is 12.9. The van der Waals surface area contributed by atoms with Gasteiger partial charge in [-0.3, -0.25) is 0 Å². The monoisotopic (exact) mass is 294 g/mol. The lowest BCUT2D eigenvalue weighted by molar-refractivity contribution is 0.310. The number of ether oxygens (including phenoxy) is 1. The Morgan fingerprint density at radius 3 is 2.41 bits per heavy atom. The molecule has 2 N–H and O–H groups in total. The molecule has 0 amide bonds. The number of nitrogens with zero attached hydrogens (tertiary/aromatic N) is 1. The Morgan fingerprint density at radius 2 is 1.68 bits per heavy atom. The van der Waals surface area contributed by atoms with E-state index < -0.39 is 0 Å². The predicted molar refractivity (Wildman–Crippen MR) is 86.5 cm³/mol. The van der Waals surface area contributed by atoms with Crippen LogP contribution >= 0.6 is 0 Å². The minimum absolute atomic E-state index is 0.250. The minimum atomic E-state index is -0.250. The number of hydrogen-bond acceptors (Lipinski definition) is 3. The van der Waals surface area contributed by atoms with Gasteiger partial charge >= 0.3 is 0 Å². The predicted octanol–water partition coefficient (Wildman–Crippen LogP) is 3.85. The second kappa shape index (κ2) is 6.26. The lowest BCUT2D eigenvalue weighted by atomic mass is 10.0. The Kier molecular flexibility index (Phi) is 4.01. The van der Waals surface area contributed by atoms with Crippen LogP contribution in [0.4, 0.5) is 4.39 Å². The molecule has 0 aliphatic rings. The van der Waals surface area contributed by atoms with Gasteiger partial charge in [0.25, 0.3) is 0 Å². The highest BCUT2D eigenvalue weighted by Gasteiger charge is 2.06. The summed E-state index contributed by atoms with van der Waals surface area (Å²) < 4.78 is 18.8. The molecule has 0 unspecified atom stereocenters. The lowest BCUT2D eigenvalue weighted by Gasteiger charge is -2.11. The highest BCUT2D eigenvalue weighted by molar-refractivity contribution is 6.02. The zero-order chi connectivity index (χ0) is 15.4. The van der Waals surface area contributed by atoms with Crippen molar-refractivity contribution in [1.29, 1.82) is 0 Å². The van der Waals surface area contributed by atoms with Gasteiger partial charge in [0, 0.05) is 10.9 Å². The molecular weight excluding hydrogens is 279 g/mol.